The minimum absolute atomic E-state index is 0.0231. The van der Waals surface area contributed by atoms with Gasteiger partial charge in [0.2, 0.25) is 5.91 Å². The third kappa shape index (κ3) is 3.28. The van der Waals surface area contributed by atoms with Crippen molar-refractivity contribution in [2.24, 2.45) is 0 Å². The van der Waals surface area contributed by atoms with Gasteiger partial charge in [0.05, 0.1) is 6.04 Å². The highest BCUT2D eigenvalue weighted by atomic mass is 16.2. The summed E-state index contributed by atoms with van der Waals surface area (Å²) in [6.45, 7) is 5.62. The molecule has 0 radical (unpaired) electrons. The van der Waals surface area contributed by atoms with Crippen LogP contribution in [0, 0.1) is 6.92 Å². The molecule has 1 fully saturated rings. The first kappa shape index (κ1) is 12.1. The maximum atomic E-state index is 12.0. The molecule has 0 saturated carbocycles. The van der Waals surface area contributed by atoms with E-state index in [1.54, 1.807) is 0 Å². The minimum atomic E-state index is -0.147. The summed E-state index contributed by atoms with van der Waals surface area (Å²) in [5.74, 6) is 0.0231. The topological polar surface area (TPSA) is 53.2 Å². The largest absolute Gasteiger partial charge is 0.325 e. The summed E-state index contributed by atoms with van der Waals surface area (Å²) in [5.41, 5.74) is 2.00. The van der Waals surface area contributed by atoms with Crippen molar-refractivity contribution in [2.75, 3.05) is 18.4 Å². The number of nitrogens with one attached hydrogen (secondary N) is 3. The van der Waals surface area contributed by atoms with Crippen LogP contribution in [0.1, 0.15) is 12.5 Å². The molecule has 0 aliphatic carbocycles. The van der Waals surface area contributed by atoms with E-state index in [0.717, 1.165) is 17.8 Å². The summed E-state index contributed by atoms with van der Waals surface area (Å²) in [6.07, 6.45) is 0. The van der Waals surface area contributed by atoms with Crippen LogP contribution in [-0.4, -0.2) is 31.1 Å². The van der Waals surface area contributed by atoms with Gasteiger partial charge in [0.1, 0.15) is 0 Å². The zero-order valence-corrected chi connectivity index (χ0v) is 10.3. The van der Waals surface area contributed by atoms with Crippen molar-refractivity contribution in [3.8, 4) is 0 Å². The van der Waals surface area contributed by atoms with Crippen LogP contribution in [0.25, 0.3) is 0 Å². The highest BCUT2D eigenvalue weighted by Crippen LogP contribution is 2.10. The van der Waals surface area contributed by atoms with E-state index < -0.39 is 0 Å². The Balaban J connectivity index is 1.93. The molecule has 1 aromatic rings. The molecule has 3 N–H and O–H groups in total. The minimum Gasteiger partial charge on any atom is -0.325 e. The predicted octanol–water partition coefficient (Wildman–Crippen LogP) is 0.883. The highest BCUT2D eigenvalue weighted by molar-refractivity contribution is 5.95. The van der Waals surface area contributed by atoms with Crippen LogP contribution < -0.4 is 16.0 Å². The Hall–Kier alpha value is -1.39. The second kappa shape index (κ2) is 5.29. The zero-order chi connectivity index (χ0) is 12.3. The summed E-state index contributed by atoms with van der Waals surface area (Å²) in [5, 5.41) is 9.44. The fraction of sp³-hybridized carbons (Fsp3) is 0.462. The van der Waals surface area contributed by atoms with Crippen LogP contribution in [0.4, 0.5) is 5.69 Å². The maximum absolute atomic E-state index is 12.0. The molecular formula is C13H19N3O. The van der Waals surface area contributed by atoms with E-state index in [1.165, 1.54) is 0 Å². The van der Waals surface area contributed by atoms with E-state index in [4.69, 9.17) is 0 Å². The summed E-state index contributed by atoms with van der Waals surface area (Å²) >= 11 is 0. The number of anilines is 1. The Morgan fingerprint density at radius 2 is 2.18 bits per heavy atom. The molecule has 1 aromatic carbocycles. The van der Waals surface area contributed by atoms with Gasteiger partial charge in [-0.1, -0.05) is 12.1 Å². The van der Waals surface area contributed by atoms with Crippen LogP contribution in [0.5, 0.6) is 0 Å². The maximum Gasteiger partial charge on any atom is 0.242 e. The molecule has 1 saturated heterocycles. The molecule has 1 amide bonds. The number of amides is 1. The molecule has 1 heterocycles. The van der Waals surface area contributed by atoms with Gasteiger partial charge in [-0.25, -0.2) is 0 Å². The Morgan fingerprint density at radius 3 is 2.82 bits per heavy atom. The molecular weight excluding hydrogens is 214 g/mol. The van der Waals surface area contributed by atoms with Crippen LogP contribution in [-0.2, 0) is 4.79 Å². The molecule has 4 nitrogen and oxygen atoms in total. The molecule has 17 heavy (non-hydrogen) atoms. The Labute approximate surface area is 102 Å². The summed E-state index contributed by atoms with van der Waals surface area (Å²) < 4.78 is 0. The number of benzene rings is 1. The van der Waals surface area contributed by atoms with Crippen molar-refractivity contribution >= 4 is 11.6 Å². The van der Waals surface area contributed by atoms with Gasteiger partial charge < -0.3 is 16.0 Å². The number of aryl methyl sites for hydroxylation is 1. The van der Waals surface area contributed by atoms with Crippen molar-refractivity contribution in [1.82, 2.24) is 10.6 Å². The first-order valence-corrected chi connectivity index (χ1v) is 5.99. The number of carbonyl (C=O) groups is 1. The number of rotatable bonds is 2. The first-order chi connectivity index (χ1) is 8.15. The van der Waals surface area contributed by atoms with Gasteiger partial charge in [-0.3, -0.25) is 4.79 Å². The van der Waals surface area contributed by atoms with E-state index in [9.17, 15) is 4.79 Å². The fourth-order valence-electron chi connectivity index (χ4n) is 1.92. The standard InChI is InChI=1S/C13H19N3O/c1-9-4-3-5-11(6-9)16-13(17)12-8-14-10(2)7-15-12/h3-6,10,12,14-15H,7-8H2,1-2H3,(H,16,17). The van der Waals surface area contributed by atoms with E-state index in [2.05, 4.69) is 22.9 Å². The Bertz CT molecular complexity index is 397. The number of piperazine rings is 1. The summed E-state index contributed by atoms with van der Waals surface area (Å²) in [7, 11) is 0. The van der Waals surface area contributed by atoms with Crippen molar-refractivity contribution < 1.29 is 4.79 Å². The van der Waals surface area contributed by atoms with Crippen LogP contribution >= 0.6 is 0 Å². The van der Waals surface area contributed by atoms with Gasteiger partial charge in [-0.2, -0.15) is 0 Å². The number of carbonyl (C=O) groups excluding carboxylic acids is 1. The SMILES string of the molecule is Cc1cccc(NC(=O)C2CNC(C)CN2)c1. The van der Waals surface area contributed by atoms with E-state index in [-0.39, 0.29) is 11.9 Å². The lowest BCUT2D eigenvalue weighted by atomic mass is 10.1. The molecule has 92 valence electrons. The smallest absolute Gasteiger partial charge is 0.242 e. The molecule has 0 bridgehead atoms. The molecule has 0 aromatic heterocycles. The van der Waals surface area contributed by atoms with Crippen molar-refractivity contribution in [2.45, 2.75) is 25.9 Å². The van der Waals surface area contributed by atoms with Gasteiger partial charge in [-0.05, 0) is 31.5 Å². The monoisotopic (exact) mass is 233 g/mol. The van der Waals surface area contributed by atoms with Gasteiger partial charge in [-0.15, -0.1) is 0 Å². The molecule has 4 heteroatoms. The van der Waals surface area contributed by atoms with E-state index in [1.807, 2.05) is 31.2 Å². The molecule has 0 spiro atoms. The lowest BCUT2D eigenvalue weighted by Gasteiger charge is -2.28. The highest BCUT2D eigenvalue weighted by Gasteiger charge is 2.22. The van der Waals surface area contributed by atoms with Gasteiger partial charge in [0, 0.05) is 24.8 Å². The van der Waals surface area contributed by atoms with Crippen molar-refractivity contribution in [3.05, 3.63) is 29.8 Å². The van der Waals surface area contributed by atoms with E-state index in [0.29, 0.717) is 12.6 Å². The van der Waals surface area contributed by atoms with E-state index >= 15 is 0 Å². The molecule has 1 aliphatic rings. The lowest BCUT2D eigenvalue weighted by Crippen LogP contribution is -2.57. The number of hydrogen-bond acceptors (Lipinski definition) is 3. The first-order valence-electron chi connectivity index (χ1n) is 5.99. The predicted molar refractivity (Wildman–Crippen MR) is 69.1 cm³/mol. The molecule has 2 atom stereocenters. The Morgan fingerprint density at radius 1 is 1.35 bits per heavy atom. The zero-order valence-electron chi connectivity index (χ0n) is 10.3. The van der Waals surface area contributed by atoms with Gasteiger partial charge in [0.15, 0.2) is 0 Å². The quantitative estimate of drug-likeness (QED) is 0.711. The molecule has 2 unspecified atom stereocenters. The normalized spacial score (nSPS) is 24.4. The number of hydrogen-bond donors (Lipinski definition) is 3. The third-order valence-corrected chi connectivity index (χ3v) is 2.94. The van der Waals surface area contributed by atoms with Crippen molar-refractivity contribution in [1.29, 1.82) is 0 Å². The van der Waals surface area contributed by atoms with Gasteiger partial charge >= 0.3 is 0 Å². The average molecular weight is 233 g/mol. The van der Waals surface area contributed by atoms with Crippen LogP contribution in [0.15, 0.2) is 24.3 Å². The lowest BCUT2D eigenvalue weighted by molar-refractivity contribution is -0.118. The molecule has 1 aliphatic heterocycles. The van der Waals surface area contributed by atoms with Crippen molar-refractivity contribution in [3.63, 3.8) is 0 Å². The second-order valence-electron chi connectivity index (χ2n) is 4.63. The average Bonchev–Trinajstić information content (AvgIpc) is 2.29. The summed E-state index contributed by atoms with van der Waals surface area (Å²) in [6, 6.07) is 8.11. The summed E-state index contributed by atoms with van der Waals surface area (Å²) in [4.78, 5) is 12.0. The van der Waals surface area contributed by atoms with Crippen LogP contribution in [0.3, 0.4) is 0 Å². The third-order valence-electron chi connectivity index (χ3n) is 2.94. The molecule has 2 rings (SSSR count). The Kier molecular flexibility index (Phi) is 3.76. The van der Waals surface area contributed by atoms with Gasteiger partial charge in [0.25, 0.3) is 0 Å². The van der Waals surface area contributed by atoms with Crippen LogP contribution in [0.2, 0.25) is 0 Å². The fourth-order valence-corrected chi connectivity index (χ4v) is 1.92. The second-order valence-corrected chi connectivity index (χ2v) is 4.63.